The van der Waals surface area contributed by atoms with Crippen LogP contribution in [0.15, 0.2) is 29.1 Å². The number of rotatable bonds is 1. The first-order chi connectivity index (χ1) is 9.29. The fourth-order valence-electron chi connectivity index (χ4n) is 1.63. The van der Waals surface area contributed by atoms with E-state index in [2.05, 4.69) is 9.97 Å². The molecule has 102 valence electrons. The number of aromatic nitrogens is 2. The van der Waals surface area contributed by atoms with Crippen LogP contribution in [0.2, 0.25) is 0 Å². The molecule has 2 rings (SSSR count). The first kappa shape index (κ1) is 13.6. The van der Waals surface area contributed by atoms with Crippen molar-refractivity contribution in [3.05, 3.63) is 45.7 Å². The number of hydrogen-bond acceptors (Lipinski definition) is 4. The second-order valence-corrected chi connectivity index (χ2v) is 3.92. The van der Waals surface area contributed by atoms with Crippen molar-refractivity contribution < 1.29 is 13.2 Å². The Bertz CT molecular complexity index is 759. The van der Waals surface area contributed by atoms with Gasteiger partial charge in [-0.15, -0.1) is 0 Å². The van der Waals surface area contributed by atoms with Crippen LogP contribution in [0.4, 0.5) is 19.1 Å². The van der Waals surface area contributed by atoms with Crippen LogP contribution in [0.3, 0.4) is 0 Å². The number of nitrogens with zero attached hydrogens (tertiary/aromatic N) is 2. The lowest BCUT2D eigenvalue weighted by atomic mass is 10.0. The largest absolute Gasteiger partial charge is 0.416 e. The van der Waals surface area contributed by atoms with Gasteiger partial charge in [-0.1, -0.05) is 0 Å². The monoisotopic (exact) mass is 280 g/mol. The Morgan fingerprint density at radius 1 is 1.25 bits per heavy atom. The maximum atomic E-state index is 12.7. The lowest BCUT2D eigenvalue weighted by Crippen LogP contribution is -2.11. The van der Waals surface area contributed by atoms with E-state index in [1.807, 2.05) is 0 Å². The number of aromatic amines is 1. The second-order valence-electron chi connectivity index (χ2n) is 3.92. The van der Waals surface area contributed by atoms with Gasteiger partial charge in [0.1, 0.15) is 0 Å². The lowest BCUT2D eigenvalue weighted by Gasteiger charge is -2.09. The molecule has 0 amide bonds. The van der Waals surface area contributed by atoms with Crippen LogP contribution in [0.1, 0.15) is 11.1 Å². The van der Waals surface area contributed by atoms with Crippen LogP contribution < -0.4 is 11.3 Å². The molecule has 0 radical (unpaired) electrons. The van der Waals surface area contributed by atoms with Crippen LogP contribution >= 0.6 is 0 Å². The maximum Gasteiger partial charge on any atom is 0.416 e. The quantitative estimate of drug-likeness (QED) is 0.834. The number of nitrogen functional groups attached to an aromatic ring is 1. The summed E-state index contributed by atoms with van der Waals surface area (Å²) in [5.41, 5.74) is 3.53. The van der Waals surface area contributed by atoms with E-state index in [-0.39, 0.29) is 22.8 Å². The Balaban J connectivity index is 2.68. The zero-order chi connectivity index (χ0) is 14.9. The second kappa shape index (κ2) is 4.70. The molecule has 0 atom stereocenters. The highest BCUT2D eigenvalue weighted by Gasteiger charge is 2.31. The van der Waals surface area contributed by atoms with Gasteiger partial charge in [-0.3, -0.25) is 9.78 Å². The molecule has 5 nitrogen and oxygen atoms in total. The molecule has 1 heterocycles. The Hall–Kier alpha value is -2.82. The smallest absolute Gasteiger partial charge is 0.369 e. The van der Waals surface area contributed by atoms with Gasteiger partial charge < -0.3 is 5.73 Å². The molecule has 1 aromatic heterocycles. The molecular formula is C12H7F3N4O. The summed E-state index contributed by atoms with van der Waals surface area (Å²) in [6.45, 7) is 0. The predicted molar refractivity (Wildman–Crippen MR) is 64.4 cm³/mol. The highest BCUT2D eigenvalue weighted by atomic mass is 19.4. The molecule has 0 aliphatic carbocycles. The van der Waals surface area contributed by atoms with Crippen molar-refractivity contribution in [3.8, 4) is 17.3 Å². The summed E-state index contributed by atoms with van der Waals surface area (Å²) in [5.74, 6) is -0.219. The summed E-state index contributed by atoms with van der Waals surface area (Å²) in [5, 5.41) is 8.78. The van der Waals surface area contributed by atoms with E-state index in [0.717, 1.165) is 18.2 Å². The van der Waals surface area contributed by atoms with E-state index < -0.39 is 17.3 Å². The van der Waals surface area contributed by atoms with Crippen LogP contribution in [0, 0.1) is 11.3 Å². The summed E-state index contributed by atoms with van der Waals surface area (Å²) >= 11 is 0. The van der Waals surface area contributed by atoms with Crippen LogP contribution in [0.5, 0.6) is 0 Å². The summed E-state index contributed by atoms with van der Waals surface area (Å²) in [6, 6.07) is 5.38. The summed E-state index contributed by atoms with van der Waals surface area (Å²) in [6.07, 6.45) is -4.60. The molecule has 1 aromatic carbocycles. The molecule has 0 aliphatic heterocycles. The van der Waals surface area contributed by atoms with E-state index >= 15 is 0 Å². The maximum absolute atomic E-state index is 12.7. The van der Waals surface area contributed by atoms with Crippen molar-refractivity contribution in [2.24, 2.45) is 0 Å². The molecule has 20 heavy (non-hydrogen) atoms. The third-order valence-electron chi connectivity index (χ3n) is 2.45. The molecular weight excluding hydrogens is 273 g/mol. The normalized spacial score (nSPS) is 11.1. The summed E-state index contributed by atoms with van der Waals surface area (Å²) in [7, 11) is 0. The highest BCUT2D eigenvalue weighted by molar-refractivity contribution is 5.63. The van der Waals surface area contributed by atoms with Gasteiger partial charge in [0.15, 0.2) is 0 Å². The van der Waals surface area contributed by atoms with Gasteiger partial charge in [0.05, 0.1) is 22.9 Å². The Morgan fingerprint density at radius 2 is 1.95 bits per heavy atom. The average molecular weight is 280 g/mol. The number of benzene rings is 1. The molecule has 2 aromatic rings. The number of nitrogens with one attached hydrogen (secondary N) is 1. The minimum Gasteiger partial charge on any atom is -0.369 e. The van der Waals surface area contributed by atoms with Gasteiger partial charge in [-0.05, 0) is 18.2 Å². The highest BCUT2D eigenvalue weighted by Crippen LogP contribution is 2.32. The molecule has 8 heteroatoms. The summed E-state index contributed by atoms with van der Waals surface area (Å²) < 4.78 is 38.2. The van der Waals surface area contributed by atoms with Crippen molar-refractivity contribution >= 4 is 5.95 Å². The number of alkyl halides is 3. The number of halogens is 3. The van der Waals surface area contributed by atoms with E-state index in [1.54, 1.807) is 6.07 Å². The average Bonchev–Trinajstić information content (AvgIpc) is 2.36. The van der Waals surface area contributed by atoms with Gasteiger partial charge in [-0.2, -0.15) is 18.4 Å². The molecule has 0 spiro atoms. The lowest BCUT2D eigenvalue weighted by molar-refractivity contribution is -0.137. The van der Waals surface area contributed by atoms with Gasteiger partial charge in [0, 0.05) is 11.6 Å². The van der Waals surface area contributed by atoms with Gasteiger partial charge >= 0.3 is 6.18 Å². The van der Waals surface area contributed by atoms with Crippen molar-refractivity contribution in [2.45, 2.75) is 6.18 Å². The van der Waals surface area contributed by atoms with Gasteiger partial charge in [0.25, 0.3) is 5.56 Å². The van der Waals surface area contributed by atoms with Crippen LogP contribution in [-0.4, -0.2) is 9.97 Å². The standard InChI is InChI=1S/C12H7F3N4O/c13-12(14,15)8-2-6(5-16)1-7(3-8)9-4-10(20)19-11(17)18-9/h1-4H,(H3,17,18,19,20). The van der Waals surface area contributed by atoms with Gasteiger partial charge in [-0.25, -0.2) is 4.98 Å². The number of nitrogens with two attached hydrogens (primary N) is 1. The van der Waals surface area contributed by atoms with Crippen molar-refractivity contribution in [1.29, 1.82) is 5.26 Å². The first-order valence-electron chi connectivity index (χ1n) is 5.29. The number of nitriles is 1. The molecule has 0 unspecified atom stereocenters. The minimum absolute atomic E-state index is 0.00539. The van der Waals surface area contributed by atoms with Crippen molar-refractivity contribution in [3.63, 3.8) is 0 Å². The van der Waals surface area contributed by atoms with E-state index in [9.17, 15) is 18.0 Å². The van der Waals surface area contributed by atoms with Crippen LogP contribution in [0.25, 0.3) is 11.3 Å². The number of hydrogen-bond donors (Lipinski definition) is 2. The van der Waals surface area contributed by atoms with E-state index in [0.29, 0.717) is 0 Å². The SMILES string of the molecule is N#Cc1cc(-c2cc(=O)[nH]c(N)n2)cc(C(F)(F)F)c1. The number of anilines is 1. The fraction of sp³-hybridized carbons (Fsp3) is 0.0833. The molecule has 3 N–H and O–H groups in total. The third-order valence-corrected chi connectivity index (χ3v) is 2.45. The van der Waals surface area contributed by atoms with Crippen LogP contribution in [-0.2, 0) is 6.18 Å². The number of H-pyrrole nitrogens is 1. The van der Waals surface area contributed by atoms with E-state index in [4.69, 9.17) is 11.0 Å². The summed E-state index contributed by atoms with van der Waals surface area (Å²) in [4.78, 5) is 17.2. The molecule has 0 fully saturated rings. The topological polar surface area (TPSA) is 95.6 Å². The zero-order valence-corrected chi connectivity index (χ0v) is 9.82. The van der Waals surface area contributed by atoms with E-state index in [1.165, 1.54) is 6.07 Å². The first-order valence-corrected chi connectivity index (χ1v) is 5.29. The zero-order valence-electron chi connectivity index (χ0n) is 9.82. The van der Waals surface area contributed by atoms with Gasteiger partial charge in [0.2, 0.25) is 5.95 Å². The molecule has 0 saturated carbocycles. The van der Waals surface area contributed by atoms with Crippen molar-refractivity contribution in [2.75, 3.05) is 5.73 Å². The predicted octanol–water partition coefficient (Wildman–Crippen LogP) is 1.91. The molecule has 0 saturated heterocycles. The third kappa shape index (κ3) is 2.77. The molecule has 0 aliphatic rings. The Kier molecular flexibility index (Phi) is 3.19. The minimum atomic E-state index is -4.60. The van der Waals surface area contributed by atoms with Crippen molar-refractivity contribution in [1.82, 2.24) is 9.97 Å². The Morgan fingerprint density at radius 3 is 2.50 bits per heavy atom. The molecule has 0 bridgehead atoms. The Labute approximate surface area is 110 Å². The fourth-order valence-corrected chi connectivity index (χ4v) is 1.63.